The van der Waals surface area contributed by atoms with Gasteiger partial charge in [-0.3, -0.25) is 4.79 Å². The molecular weight excluding hydrogens is 669 g/mol. The van der Waals surface area contributed by atoms with Crippen molar-refractivity contribution < 1.29 is 23.6 Å². The van der Waals surface area contributed by atoms with Gasteiger partial charge in [0.2, 0.25) is 11.4 Å². The van der Waals surface area contributed by atoms with Crippen molar-refractivity contribution in [2.45, 2.75) is 105 Å². The van der Waals surface area contributed by atoms with Crippen LogP contribution in [0.15, 0.2) is 84.5 Å². The van der Waals surface area contributed by atoms with Crippen molar-refractivity contribution in [2.75, 3.05) is 26.4 Å². The highest BCUT2D eigenvalue weighted by atomic mass is 16.5. The van der Waals surface area contributed by atoms with Crippen LogP contribution in [0.5, 0.6) is 11.5 Å². The number of benzene rings is 4. The highest BCUT2D eigenvalue weighted by molar-refractivity contribution is 6.20. The molecule has 0 radical (unpaired) electrons. The van der Waals surface area contributed by atoms with Gasteiger partial charge in [-0.25, -0.2) is 0 Å². The molecule has 2 heterocycles. The molecule has 0 unspecified atom stereocenters. The van der Waals surface area contributed by atoms with Crippen molar-refractivity contribution in [3.63, 3.8) is 0 Å². The fraction of sp³-hybridized carbons (Fsp3) is 0.417. The lowest BCUT2D eigenvalue weighted by molar-refractivity contribution is -0.436. The molecule has 4 aromatic carbocycles. The Bertz CT molecular complexity index is 2220. The molecule has 1 aromatic heterocycles. The van der Waals surface area contributed by atoms with Crippen molar-refractivity contribution in [3.8, 4) is 11.5 Å². The van der Waals surface area contributed by atoms with Gasteiger partial charge in [-0.05, 0) is 68.0 Å². The molecule has 0 atom stereocenters. The standard InChI is InChI=1S/C48H59N2O4/c1-6-10-30-49-41(37-18-14-20-39-45(53-32-12-8-3)28-26-43(49)47(37)39)24-22-36(17-16-34-52-35(5)51)23-25-42-38-19-15-21-40-46(54-33-13-9-4)29-27-44(48(38)40)50(42)31-11-7-2/h14-15,18-29H,6-13,16-17,30-34H2,1-5H3/q+1. The molecule has 0 N–H and O–H groups in total. The van der Waals surface area contributed by atoms with Crippen LogP contribution in [-0.4, -0.2) is 47.2 Å². The lowest BCUT2D eigenvalue weighted by atomic mass is 10.0. The van der Waals surface area contributed by atoms with E-state index in [-0.39, 0.29) is 5.97 Å². The summed E-state index contributed by atoms with van der Waals surface area (Å²) < 4.78 is 22.9. The van der Waals surface area contributed by atoms with Gasteiger partial charge in [0.15, 0.2) is 0 Å². The zero-order valence-corrected chi connectivity index (χ0v) is 33.2. The second-order valence-corrected chi connectivity index (χ2v) is 14.5. The quantitative estimate of drug-likeness (QED) is 0.0327. The Morgan fingerprint density at radius 2 is 1.39 bits per heavy atom. The summed E-state index contributed by atoms with van der Waals surface area (Å²) in [6.45, 7) is 14.1. The predicted octanol–water partition coefficient (Wildman–Crippen LogP) is 11.4. The summed E-state index contributed by atoms with van der Waals surface area (Å²) in [7, 11) is 0. The molecule has 0 saturated carbocycles. The summed E-state index contributed by atoms with van der Waals surface area (Å²) >= 11 is 0. The molecule has 54 heavy (non-hydrogen) atoms. The molecule has 6 heteroatoms. The third-order valence-corrected chi connectivity index (χ3v) is 10.5. The van der Waals surface area contributed by atoms with Crippen LogP contribution in [0.1, 0.15) is 104 Å². The summed E-state index contributed by atoms with van der Waals surface area (Å²) in [4.78, 5) is 11.6. The average Bonchev–Trinajstić information content (AvgIpc) is 3.66. The Labute approximate surface area is 321 Å². The number of carbonyl (C=O) groups excluding carboxylic acids is 1. The SMILES string of the molecule is CCCCOc1ccc2c3c(cccc13)C(C=CC(=CC=c1c3cccc4c(OCCCC)ccc(c43)n1CCCC)CCCOC(C)=O)=[N+]2CCCC. The molecular formula is C48H59N2O4+. The van der Waals surface area contributed by atoms with Crippen LogP contribution in [0.2, 0.25) is 0 Å². The minimum atomic E-state index is -0.239. The number of aromatic nitrogens is 1. The number of aryl methyl sites for hydroxylation is 1. The molecule has 0 amide bonds. The molecule has 0 fully saturated rings. The van der Waals surface area contributed by atoms with Gasteiger partial charge in [0.25, 0.3) is 0 Å². The van der Waals surface area contributed by atoms with E-state index in [0.717, 1.165) is 102 Å². The van der Waals surface area contributed by atoms with E-state index in [2.05, 4.69) is 122 Å². The Morgan fingerprint density at radius 1 is 0.722 bits per heavy atom. The molecule has 1 aliphatic rings. The van der Waals surface area contributed by atoms with Crippen LogP contribution in [-0.2, 0) is 16.1 Å². The molecule has 0 spiro atoms. The first-order valence-corrected chi connectivity index (χ1v) is 20.5. The van der Waals surface area contributed by atoms with E-state index in [9.17, 15) is 4.79 Å². The van der Waals surface area contributed by atoms with Crippen molar-refractivity contribution in [1.29, 1.82) is 0 Å². The molecule has 6 nitrogen and oxygen atoms in total. The summed E-state index contributed by atoms with van der Waals surface area (Å²) in [6.07, 6.45) is 19.4. The summed E-state index contributed by atoms with van der Waals surface area (Å²) in [6, 6.07) is 22.0. The Morgan fingerprint density at radius 3 is 2.09 bits per heavy atom. The van der Waals surface area contributed by atoms with Crippen LogP contribution in [0.4, 0.5) is 5.69 Å². The van der Waals surface area contributed by atoms with E-state index in [0.29, 0.717) is 6.61 Å². The maximum absolute atomic E-state index is 11.6. The van der Waals surface area contributed by atoms with Crippen LogP contribution in [0, 0.1) is 0 Å². The minimum absolute atomic E-state index is 0.239. The number of ether oxygens (including phenoxy) is 3. The molecule has 6 rings (SSSR count). The Hall–Kier alpha value is -4.84. The smallest absolute Gasteiger partial charge is 0.302 e. The van der Waals surface area contributed by atoms with E-state index in [1.165, 1.54) is 67.3 Å². The van der Waals surface area contributed by atoms with Gasteiger partial charge in [0.1, 0.15) is 18.0 Å². The zero-order chi connectivity index (χ0) is 37.9. The molecule has 0 aliphatic carbocycles. The number of carbonyl (C=O) groups is 1. The number of esters is 1. The summed E-state index contributed by atoms with van der Waals surface area (Å²) in [5.74, 6) is 1.68. The number of allylic oxidation sites excluding steroid dienone is 4. The van der Waals surface area contributed by atoms with Gasteiger partial charge in [0, 0.05) is 64.4 Å². The molecule has 0 saturated heterocycles. The van der Waals surface area contributed by atoms with Crippen LogP contribution in [0.3, 0.4) is 0 Å². The fourth-order valence-electron chi connectivity index (χ4n) is 7.61. The van der Waals surface area contributed by atoms with Crippen LogP contribution in [0.25, 0.3) is 38.5 Å². The first-order chi connectivity index (χ1) is 26.5. The first-order valence-electron chi connectivity index (χ1n) is 20.5. The third kappa shape index (κ3) is 8.59. The zero-order valence-electron chi connectivity index (χ0n) is 33.2. The van der Waals surface area contributed by atoms with Gasteiger partial charge < -0.3 is 18.8 Å². The van der Waals surface area contributed by atoms with Crippen LogP contribution < -0.4 is 14.8 Å². The number of nitrogens with zero attached hydrogens (tertiary/aromatic N) is 2. The highest BCUT2D eigenvalue weighted by Gasteiger charge is 2.31. The van der Waals surface area contributed by atoms with E-state index < -0.39 is 0 Å². The van der Waals surface area contributed by atoms with Gasteiger partial charge >= 0.3 is 5.97 Å². The largest absolute Gasteiger partial charge is 0.493 e. The lowest BCUT2D eigenvalue weighted by Gasteiger charge is -2.10. The number of hydrogen-bond acceptors (Lipinski definition) is 4. The molecule has 0 bridgehead atoms. The number of unbranched alkanes of at least 4 members (excludes halogenated alkanes) is 4. The highest BCUT2D eigenvalue weighted by Crippen LogP contribution is 2.40. The van der Waals surface area contributed by atoms with E-state index in [1.54, 1.807) is 0 Å². The second-order valence-electron chi connectivity index (χ2n) is 14.5. The number of rotatable bonds is 21. The minimum Gasteiger partial charge on any atom is -0.493 e. The summed E-state index contributed by atoms with van der Waals surface area (Å²) in [5, 5.41) is 7.35. The van der Waals surface area contributed by atoms with Gasteiger partial charge in [-0.2, -0.15) is 4.58 Å². The molecule has 284 valence electrons. The molecule has 1 aliphatic heterocycles. The fourth-order valence-corrected chi connectivity index (χ4v) is 7.61. The van der Waals surface area contributed by atoms with E-state index in [4.69, 9.17) is 14.2 Å². The van der Waals surface area contributed by atoms with E-state index in [1.807, 2.05) is 0 Å². The van der Waals surface area contributed by atoms with Crippen molar-refractivity contribution in [2.24, 2.45) is 0 Å². The Balaban J connectivity index is 1.45. The first kappa shape index (κ1) is 38.9. The van der Waals surface area contributed by atoms with Crippen molar-refractivity contribution in [1.82, 2.24) is 4.57 Å². The second kappa shape index (κ2) is 19.0. The summed E-state index contributed by atoms with van der Waals surface area (Å²) in [5.41, 5.74) is 6.15. The maximum atomic E-state index is 11.6. The monoisotopic (exact) mass is 727 g/mol. The van der Waals surface area contributed by atoms with Crippen LogP contribution >= 0.6 is 0 Å². The predicted molar refractivity (Wildman–Crippen MR) is 226 cm³/mol. The van der Waals surface area contributed by atoms with Gasteiger partial charge in [0.05, 0.1) is 30.8 Å². The number of hydrogen-bond donors (Lipinski definition) is 0. The maximum Gasteiger partial charge on any atom is 0.302 e. The van der Waals surface area contributed by atoms with Gasteiger partial charge in [-0.15, -0.1) is 0 Å². The third-order valence-electron chi connectivity index (χ3n) is 10.5. The normalized spacial score (nSPS) is 13.4. The van der Waals surface area contributed by atoms with Crippen molar-refractivity contribution in [3.05, 3.63) is 95.4 Å². The average molecular weight is 728 g/mol. The lowest BCUT2D eigenvalue weighted by Crippen LogP contribution is -2.16. The Kier molecular flexibility index (Phi) is 13.6. The van der Waals surface area contributed by atoms with E-state index >= 15 is 0 Å². The van der Waals surface area contributed by atoms with Gasteiger partial charge in [-0.1, -0.05) is 95.9 Å². The van der Waals surface area contributed by atoms with Crippen molar-refractivity contribution >= 4 is 55.9 Å². The molecule has 5 aromatic rings. The topological polar surface area (TPSA) is 52.7 Å².